The molecule has 1 aliphatic rings. The van der Waals surface area contributed by atoms with Crippen LogP contribution in [0.2, 0.25) is 0 Å². The second-order valence-corrected chi connectivity index (χ2v) is 4.63. The van der Waals surface area contributed by atoms with Gasteiger partial charge in [-0.2, -0.15) is 0 Å². The molecule has 1 N–H and O–H groups in total. The molecular formula is C12H25NO. The molecule has 2 nitrogen and oxygen atoms in total. The van der Waals surface area contributed by atoms with Crippen molar-refractivity contribution in [2.45, 2.75) is 57.6 Å². The zero-order valence-corrected chi connectivity index (χ0v) is 10.1. The van der Waals surface area contributed by atoms with E-state index in [0.717, 1.165) is 0 Å². The van der Waals surface area contributed by atoms with Crippen molar-refractivity contribution >= 4 is 0 Å². The molecule has 0 aromatic rings. The molecule has 1 saturated carbocycles. The first-order chi connectivity index (χ1) is 6.70. The monoisotopic (exact) mass is 199 g/mol. The van der Waals surface area contributed by atoms with E-state index in [1.807, 2.05) is 7.11 Å². The van der Waals surface area contributed by atoms with Crippen molar-refractivity contribution in [1.82, 2.24) is 5.32 Å². The molecule has 1 rings (SSSR count). The van der Waals surface area contributed by atoms with Gasteiger partial charge in [-0.05, 0) is 25.8 Å². The maximum absolute atomic E-state index is 5.81. The van der Waals surface area contributed by atoms with Gasteiger partial charge in [0.05, 0.1) is 5.60 Å². The first-order valence-electron chi connectivity index (χ1n) is 5.92. The highest BCUT2D eigenvalue weighted by atomic mass is 16.5. The van der Waals surface area contributed by atoms with Crippen molar-refractivity contribution in [2.24, 2.45) is 5.92 Å². The van der Waals surface area contributed by atoms with Crippen LogP contribution in [-0.4, -0.2) is 25.8 Å². The molecule has 2 atom stereocenters. The number of methoxy groups -OCH3 is 1. The van der Waals surface area contributed by atoms with E-state index in [1.54, 1.807) is 0 Å². The van der Waals surface area contributed by atoms with E-state index < -0.39 is 0 Å². The number of likely N-dealkylation sites (N-methyl/N-ethyl adjacent to an activating group) is 1. The van der Waals surface area contributed by atoms with Gasteiger partial charge in [-0.25, -0.2) is 0 Å². The predicted octanol–water partition coefficient (Wildman–Crippen LogP) is 2.58. The first-order valence-corrected chi connectivity index (χ1v) is 5.92. The second kappa shape index (κ2) is 5.13. The first kappa shape index (κ1) is 12.0. The zero-order valence-electron chi connectivity index (χ0n) is 10.1. The Kier molecular flexibility index (Phi) is 4.39. The third-order valence-corrected chi connectivity index (χ3v) is 3.95. The molecule has 84 valence electrons. The SMILES string of the molecule is CCC(C)C(NC)C1(OC)CCCC1. The lowest BCUT2D eigenvalue weighted by molar-refractivity contribution is -0.0482. The molecule has 0 bridgehead atoms. The summed E-state index contributed by atoms with van der Waals surface area (Å²) in [5, 5.41) is 3.46. The third kappa shape index (κ3) is 2.12. The summed E-state index contributed by atoms with van der Waals surface area (Å²) >= 11 is 0. The molecular weight excluding hydrogens is 174 g/mol. The smallest absolute Gasteiger partial charge is 0.0833 e. The summed E-state index contributed by atoms with van der Waals surface area (Å²) in [6.07, 6.45) is 6.31. The number of nitrogens with one attached hydrogen (secondary N) is 1. The van der Waals surface area contributed by atoms with Gasteiger partial charge < -0.3 is 10.1 Å². The maximum atomic E-state index is 5.81. The minimum atomic E-state index is 0.115. The van der Waals surface area contributed by atoms with Crippen LogP contribution in [0, 0.1) is 5.92 Å². The largest absolute Gasteiger partial charge is 0.377 e. The lowest BCUT2D eigenvalue weighted by Gasteiger charge is -2.39. The number of rotatable bonds is 5. The summed E-state index contributed by atoms with van der Waals surface area (Å²) in [6.45, 7) is 4.58. The molecule has 1 fully saturated rings. The van der Waals surface area contributed by atoms with E-state index in [2.05, 4.69) is 26.2 Å². The van der Waals surface area contributed by atoms with Crippen molar-refractivity contribution in [1.29, 1.82) is 0 Å². The zero-order chi connectivity index (χ0) is 10.6. The summed E-state index contributed by atoms with van der Waals surface area (Å²) in [6, 6.07) is 0.514. The fourth-order valence-corrected chi connectivity index (χ4v) is 2.92. The van der Waals surface area contributed by atoms with Crippen molar-refractivity contribution < 1.29 is 4.74 Å². The van der Waals surface area contributed by atoms with E-state index in [1.165, 1.54) is 32.1 Å². The van der Waals surface area contributed by atoms with Crippen LogP contribution in [0.1, 0.15) is 46.0 Å². The summed E-state index contributed by atoms with van der Waals surface area (Å²) in [5.74, 6) is 0.693. The number of ether oxygens (including phenoxy) is 1. The minimum Gasteiger partial charge on any atom is -0.377 e. The Labute approximate surface area is 88.4 Å². The van der Waals surface area contributed by atoms with Crippen molar-refractivity contribution in [2.75, 3.05) is 14.2 Å². The van der Waals surface area contributed by atoms with Crippen LogP contribution in [0.4, 0.5) is 0 Å². The molecule has 0 aromatic carbocycles. The Morgan fingerprint density at radius 1 is 1.36 bits per heavy atom. The van der Waals surface area contributed by atoms with Gasteiger partial charge in [-0.15, -0.1) is 0 Å². The van der Waals surface area contributed by atoms with Crippen LogP contribution in [0.5, 0.6) is 0 Å². The van der Waals surface area contributed by atoms with Crippen LogP contribution >= 0.6 is 0 Å². The van der Waals surface area contributed by atoms with Crippen molar-refractivity contribution in [3.8, 4) is 0 Å². The molecule has 0 heterocycles. The van der Waals surface area contributed by atoms with Gasteiger partial charge in [0.25, 0.3) is 0 Å². The fraction of sp³-hybridized carbons (Fsp3) is 1.00. The van der Waals surface area contributed by atoms with Gasteiger partial charge >= 0.3 is 0 Å². The van der Waals surface area contributed by atoms with Crippen LogP contribution < -0.4 is 5.32 Å². The van der Waals surface area contributed by atoms with Gasteiger partial charge in [0.1, 0.15) is 0 Å². The summed E-state index contributed by atoms with van der Waals surface area (Å²) in [5.41, 5.74) is 0.115. The second-order valence-electron chi connectivity index (χ2n) is 4.63. The normalized spacial score (nSPS) is 24.9. The Morgan fingerprint density at radius 3 is 2.29 bits per heavy atom. The number of hydrogen-bond acceptors (Lipinski definition) is 2. The van der Waals surface area contributed by atoms with Gasteiger partial charge in [0.15, 0.2) is 0 Å². The highest BCUT2D eigenvalue weighted by molar-refractivity contribution is 4.98. The van der Waals surface area contributed by atoms with E-state index in [0.29, 0.717) is 12.0 Å². The average molecular weight is 199 g/mol. The van der Waals surface area contributed by atoms with Crippen LogP contribution in [0.25, 0.3) is 0 Å². The van der Waals surface area contributed by atoms with E-state index >= 15 is 0 Å². The Morgan fingerprint density at radius 2 is 1.93 bits per heavy atom. The summed E-state index contributed by atoms with van der Waals surface area (Å²) in [4.78, 5) is 0. The average Bonchev–Trinajstić information content (AvgIpc) is 2.68. The van der Waals surface area contributed by atoms with Gasteiger partial charge in [-0.3, -0.25) is 0 Å². The Hall–Kier alpha value is -0.0800. The van der Waals surface area contributed by atoms with Gasteiger partial charge in [0.2, 0.25) is 0 Å². The standard InChI is InChI=1S/C12H25NO/c1-5-10(2)11(13-3)12(14-4)8-6-7-9-12/h10-11,13H,5-9H2,1-4H3. The van der Waals surface area contributed by atoms with E-state index in [-0.39, 0.29) is 5.60 Å². The van der Waals surface area contributed by atoms with Crippen molar-refractivity contribution in [3.63, 3.8) is 0 Å². The molecule has 14 heavy (non-hydrogen) atoms. The van der Waals surface area contributed by atoms with Crippen LogP contribution in [0.3, 0.4) is 0 Å². The molecule has 0 aromatic heterocycles. The van der Waals surface area contributed by atoms with E-state index in [9.17, 15) is 0 Å². The summed E-state index contributed by atoms with van der Waals surface area (Å²) in [7, 11) is 3.94. The fourth-order valence-electron chi connectivity index (χ4n) is 2.92. The molecule has 0 aliphatic heterocycles. The Bertz CT molecular complexity index is 164. The molecule has 2 heteroatoms. The van der Waals surface area contributed by atoms with Crippen molar-refractivity contribution in [3.05, 3.63) is 0 Å². The molecule has 0 amide bonds. The van der Waals surface area contributed by atoms with Gasteiger partial charge in [0, 0.05) is 13.2 Å². The molecule has 1 aliphatic carbocycles. The number of hydrogen-bond donors (Lipinski definition) is 1. The molecule has 0 radical (unpaired) electrons. The highest BCUT2D eigenvalue weighted by Crippen LogP contribution is 2.38. The quantitative estimate of drug-likeness (QED) is 0.735. The lowest BCUT2D eigenvalue weighted by atomic mass is 9.82. The maximum Gasteiger partial charge on any atom is 0.0833 e. The lowest BCUT2D eigenvalue weighted by Crippen LogP contribution is -2.52. The van der Waals surface area contributed by atoms with E-state index in [4.69, 9.17) is 4.74 Å². The molecule has 0 saturated heterocycles. The molecule has 2 unspecified atom stereocenters. The highest BCUT2D eigenvalue weighted by Gasteiger charge is 2.42. The van der Waals surface area contributed by atoms with Crippen LogP contribution in [0.15, 0.2) is 0 Å². The summed E-state index contributed by atoms with van der Waals surface area (Å²) < 4.78 is 5.81. The third-order valence-electron chi connectivity index (χ3n) is 3.95. The predicted molar refractivity (Wildman–Crippen MR) is 60.5 cm³/mol. The Balaban J connectivity index is 2.73. The van der Waals surface area contributed by atoms with Gasteiger partial charge in [-0.1, -0.05) is 33.1 Å². The minimum absolute atomic E-state index is 0.115. The topological polar surface area (TPSA) is 21.3 Å². The molecule has 0 spiro atoms. The van der Waals surface area contributed by atoms with Crippen LogP contribution in [-0.2, 0) is 4.74 Å².